The number of benzene rings is 5. The highest BCUT2D eigenvalue weighted by Crippen LogP contribution is 2.47. The Bertz CT molecular complexity index is 2120. The summed E-state index contributed by atoms with van der Waals surface area (Å²) >= 11 is 0. The van der Waals surface area contributed by atoms with Crippen LogP contribution in [0.1, 0.15) is 24.5 Å². The molecular formula is C38H30N2O2. The first-order chi connectivity index (χ1) is 20.7. The third-order valence-corrected chi connectivity index (χ3v) is 8.54. The number of ether oxygens (including phenoxy) is 2. The van der Waals surface area contributed by atoms with Crippen LogP contribution in [0.2, 0.25) is 0 Å². The van der Waals surface area contributed by atoms with Crippen LogP contribution in [-0.2, 0) is 0 Å². The molecule has 2 aromatic heterocycles. The maximum absolute atomic E-state index is 5.80. The van der Waals surface area contributed by atoms with Gasteiger partial charge in [0.1, 0.15) is 5.69 Å². The van der Waals surface area contributed by atoms with Crippen molar-refractivity contribution in [2.45, 2.75) is 18.8 Å². The molecule has 0 N–H and O–H groups in total. The lowest BCUT2D eigenvalue weighted by atomic mass is 9.92. The summed E-state index contributed by atoms with van der Waals surface area (Å²) in [6.07, 6.45) is 2.35. The van der Waals surface area contributed by atoms with Crippen molar-refractivity contribution in [1.82, 2.24) is 9.61 Å². The van der Waals surface area contributed by atoms with Crippen LogP contribution in [0.25, 0.3) is 60.6 Å². The van der Waals surface area contributed by atoms with E-state index in [2.05, 4.69) is 120 Å². The van der Waals surface area contributed by atoms with Crippen molar-refractivity contribution in [3.8, 4) is 45.0 Å². The van der Waals surface area contributed by atoms with E-state index >= 15 is 0 Å². The zero-order valence-corrected chi connectivity index (χ0v) is 23.7. The van der Waals surface area contributed by atoms with Gasteiger partial charge in [0, 0.05) is 28.1 Å². The van der Waals surface area contributed by atoms with Crippen molar-refractivity contribution in [3.05, 3.63) is 121 Å². The molecule has 0 saturated heterocycles. The van der Waals surface area contributed by atoms with E-state index in [4.69, 9.17) is 14.6 Å². The van der Waals surface area contributed by atoms with E-state index in [1.807, 2.05) is 0 Å². The van der Waals surface area contributed by atoms with Crippen LogP contribution in [-0.4, -0.2) is 23.8 Å². The van der Waals surface area contributed by atoms with Gasteiger partial charge in [0.15, 0.2) is 11.5 Å². The minimum Gasteiger partial charge on any atom is -0.493 e. The standard InChI is InChI=1S/C38H30N2O2/c1-41-34-22-29-21-33(26-18-19-26)40-38(32(29)23-35(34)42-2)36(28-15-8-14-27(20-28)24-10-4-3-5-11-24)37(39-40)31-17-9-13-25-12-6-7-16-30(25)31/h3-17,20-23,26H,18-19H2,1-2H3. The van der Waals surface area contributed by atoms with Crippen molar-refractivity contribution in [1.29, 1.82) is 0 Å². The Hall–Kier alpha value is -5.09. The van der Waals surface area contributed by atoms with Crippen molar-refractivity contribution in [3.63, 3.8) is 0 Å². The van der Waals surface area contributed by atoms with Gasteiger partial charge in [0.05, 0.1) is 19.7 Å². The Morgan fingerprint density at radius 3 is 2.12 bits per heavy atom. The first kappa shape index (κ1) is 24.7. The number of fused-ring (bicyclic) bond motifs is 4. The molecule has 4 nitrogen and oxygen atoms in total. The molecule has 0 radical (unpaired) electrons. The van der Waals surface area contributed by atoms with E-state index in [1.54, 1.807) is 14.2 Å². The molecule has 1 fully saturated rings. The molecule has 1 aliphatic carbocycles. The number of nitrogens with zero attached hydrogens (tertiary/aromatic N) is 2. The smallest absolute Gasteiger partial charge is 0.161 e. The molecule has 0 spiro atoms. The quantitative estimate of drug-likeness (QED) is 0.208. The van der Waals surface area contributed by atoms with Gasteiger partial charge < -0.3 is 9.47 Å². The molecule has 1 saturated carbocycles. The van der Waals surface area contributed by atoms with Gasteiger partial charge >= 0.3 is 0 Å². The maximum atomic E-state index is 5.80. The lowest BCUT2D eigenvalue weighted by Crippen LogP contribution is -1.99. The third kappa shape index (κ3) is 3.94. The number of rotatable bonds is 6. The average Bonchev–Trinajstić information content (AvgIpc) is 3.82. The Morgan fingerprint density at radius 1 is 0.619 bits per heavy atom. The van der Waals surface area contributed by atoms with Gasteiger partial charge in [-0.3, -0.25) is 0 Å². The molecule has 0 aliphatic heterocycles. The Morgan fingerprint density at radius 2 is 1.31 bits per heavy atom. The molecule has 42 heavy (non-hydrogen) atoms. The molecule has 1 aliphatic rings. The predicted molar refractivity (Wildman–Crippen MR) is 172 cm³/mol. The van der Waals surface area contributed by atoms with Crippen molar-refractivity contribution >= 4 is 27.1 Å². The third-order valence-electron chi connectivity index (χ3n) is 8.54. The van der Waals surface area contributed by atoms with Gasteiger partial charge in [-0.15, -0.1) is 0 Å². The van der Waals surface area contributed by atoms with Gasteiger partial charge in [-0.05, 0) is 70.0 Å². The van der Waals surface area contributed by atoms with Crippen LogP contribution in [0, 0.1) is 0 Å². The highest BCUT2D eigenvalue weighted by molar-refractivity contribution is 6.11. The molecule has 8 rings (SSSR count). The first-order valence-electron chi connectivity index (χ1n) is 14.5. The van der Waals surface area contributed by atoms with Crippen LogP contribution in [0.4, 0.5) is 0 Å². The summed E-state index contributed by atoms with van der Waals surface area (Å²) in [5.74, 6) is 1.94. The van der Waals surface area contributed by atoms with E-state index in [0.717, 1.165) is 44.4 Å². The normalized spacial score (nSPS) is 13.2. The van der Waals surface area contributed by atoms with Crippen LogP contribution in [0.15, 0.2) is 115 Å². The Balaban J connectivity index is 1.53. The SMILES string of the molecule is COc1cc2cc(C3CC3)n3nc(-c4cccc5ccccc45)c(-c4cccc(-c5ccccc5)c4)c3c2cc1OC. The molecule has 4 heteroatoms. The lowest BCUT2D eigenvalue weighted by Gasteiger charge is -2.14. The van der Waals surface area contributed by atoms with Crippen molar-refractivity contribution in [2.24, 2.45) is 0 Å². The van der Waals surface area contributed by atoms with Gasteiger partial charge in [-0.2, -0.15) is 5.10 Å². The average molecular weight is 547 g/mol. The number of hydrogen-bond donors (Lipinski definition) is 0. The molecule has 2 heterocycles. The molecule has 7 aromatic rings. The summed E-state index contributed by atoms with van der Waals surface area (Å²) in [6, 6.07) is 41.0. The van der Waals surface area contributed by atoms with E-state index in [9.17, 15) is 0 Å². The molecule has 0 unspecified atom stereocenters. The number of hydrogen-bond acceptors (Lipinski definition) is 3. The van der Waals surface area contributed by atoms with Crippen LogP contribution in [0.5, 0.6) is 11.5 Å². The van der Waals surface area contributed by atoms with Crippen LogP contribution in [0.3, 0.4) is 0 Å². The monoisotopic (exact) mass is 546 g/mol. The highest BCUT2D eigenvalue weighted by atomic mass is 16.5. The largest absolute Gasteiger partial charge is 0.493 e. The molecule has 0 bridgehead atoms. The zero-order valence-electron chi connectivity index (χ0n) is 23.7. The van der Waals surface area contributed by atoms with Gasteiger partial charge in [-0.25, -0.2) is 4.52 Å². The maximum Gasteiger partial charge on any atom is 0.161 e. The van der Waals surface area contributed by atoms with Crippen molar-refractivity contribution < 1.29 is 9.47 Å². The predicted octanol–water partition coefficient (Wildman–Crippen LogP) is 9.54. The number of aromatic nitrogens is 2. The summed E-state index contributed by atoms with van der Waals surface area (Å²) in [7, 11) is 3.39. The number of methoxy groups -OCH3 is 2. The fourth-order valence-corrected chi connectivity index (χ4v) is 6.34. The fourth-order valence-electron chi connectivity index (χ4n) is 6.34. The first-order valence-corrected chi connectivity index (χ1v) is 14.5. The topological polar surface area (TPSA) is 35.8 Å². The summed E-state index contributed by atoms with van der Waals surface area (Å²) < 4.78 is 13.7. The van der Waals surface area contributed by atoms with E-state index in [0.29, 0.717) is 11.7 Å². The lowest BCUT2D eigenvalue weighted by molar-refractivity contribution is 0.356. The van der Waals surface area contributed by atoms with Crippen LogP contribution < -0.4 is 9.47 Å². The van der Waals surface area contributed by atoms with E-state index in [1.165, 1.54) is 40.4 Å². The number of pyridine rings is 1. The van der Waals surface area contributed by atoms with E-state index < -0.39 is 0 Å². The van der Waals surface area contributed by atoms with Gasteiger partial charge in [0.2, 0.25) is 0 Å². The molecule has 0 amide bonds. The summed E-state index contributed by atoms with van der Waals surface area (Å²) in [5, 5.41) is 10.1. The molecular weight excluding hydrogens is 516 g/mol. The zero-order chi connectivity index (χ0) is 28.2. The Kier molecular flexibility index (Phi) is 5.75. The highest BCUT2D eigenvalue weighted by Gasteiger charge is 2.30. The summed E-state index contributed by atoms with van der Waals surface area (Å²) in [4.78, 5) is 0. The van der Waals surface area contributed by atoms with Crippen LogP contribution >= 0.6 is 0 Å². The minimum atomic E-state index is 0.494. The van der Waals surface area contributed by atoms with Gasteiger partial charge in [0.25, 0.3) is 0 Å². The second kappa shape index (κ2) is 9.78. The molecule has 0 atom stereocenters. The second-order valence-electron chi connectivity index (χ2n) is 11.1. The van der Waals surface area contributed by atoms with E-state index in [-0.39, 0.29) is 0 Å². The molecule has 204 valence electrons. The summed E-state index contributed by atoms with van der Waals surface area (Å²) in [6.45, 7) is 0. The Labute approximate surface area is 244 Å². The molecule has 5 aromatic carbocycles. The second-order valence-corrected chi connectivity index (χ2v) is 11.1. The van der Waals surface area contributed by atoms with Gasteiger partial charge in [-0.1, -0.05) is 91.0 Å². The summed E-state index contributed by atoms with van der Waals surface area (Å²) in [5.41, 5.74) is 9.10. The van der Waals surface area contributed by atoms with Crippen molar-refractivity contribution in [2.75, 3.05) is 14.2 Å². The fraction of sp³-hybridized carbons (Fsp3) is 0.132. The minimum absolute atomic E-state index is 0.494.